The summed E-state index contributed by atoms with van der Waals surface area (Å²) >= 11 is 0. The fourth-order valence-corrected chi connectivity index (χ4v) is 2.03. The van der Waals surface area contributed by atoms with Crippen molar-refractivity contribution in [1.82, 2.24) is 14.7 Å². The van der Waals surface area contributed by atoms with E-state index in [1.165, 1.54) is 0 Å². The fraction of sp³-hybridized carbons (Fsp3) is 0.714. The van der Waals surface area contributed by atoms with E-state index in [0.29, 0.717) is 18.0 Å². The molecule has 0 aliphatic rings. The second-order valence-electron chi connectivity index (χ2n) is 5.14. The molecule has 0 radical (unpaired) electrons. The van der Waals surface area contributed by atoms with Gasteiger partial charge in [0.1, 0.15) is 5.69 Å². The molecular formula is C14H25N3O2. The molecule has 1 rings (SSSR count). The van der Waals surface area contributed by atoms with Gasteiger partial charge in [0.25, 0.3) is 0 Å². The van der Waals surface area contributed by atoms with E-state index in [-0.39, 0.29) is 11.7 Å². The Bertz CT molecular complexity index is 413. The minimum atomic E-state index is 0.00806. The van der Waals surface area contributed by atoms with E-state index >= 15 is 0 Å². The van der Waals surface area contributed by atoms with Crippen LogP contribution in [0.2, 0.25) is 0 Å². The van der Waals surface area contributed by atoms with E-state index in [9.17, 15) is 4.79 Å². The Morgan fingerprint density at radius 2 is 2.21 bits per heavy atom. The van der Waals surface area contributed by atoms with Crippen LogP contribution in [-0.4, -0.2) is 48.2 Å². The molecule has 5 nitrogen and oxygen atoms in total. The Kier molecular flexibility index (Phi) is 6.02. The largest absolute Gasteiger partial charge is 0.493 e. The van der Waals surface area contributed by atoms with Crippen LogP contribution < -0.4 is 4.74 Å². The second kappa shape index (κ2) is 7.28. The van der Waals surface area contributed by atoms with Crippen LogP contribution >= 0.6 is 0 Å². The van der Waals surface area contributed by atoms with E-state index in [1.54, 1.807) is 18.0 Å². The molecule has 1 aromatic heterocycles. The summed E-state index contributed by atoms with van der Waals surface area (Å²) in [7, 11) is 5.58. The first-order valence-corrected chi connectivity index (χ1v) is 6.80. The van der Waals surface area contributed by atoms with Crippen LogP contribution in [0.1, 0.15) is 37.2 Å². The van der Waals surface area contributed by atoms with Crippen molar-refractivity contribution < 1.29 is 9.53 Å². The molecule has 1 aromatic rings. The number of Topliss-reactive ketones (excluding diaryl/α,β-unsaturated/α-hetero) is 1. The Hall–Kier alpha value is -1.36. The number of ether oxygens (including phenoxy) is 1. The first-order chi connectivity index (χ1) is 9.01. The topological polar surface area (TPSA) is 47.4 Å². The van der Waals surface area contributed by atoms with Gasteiger partial charge < -0.3 is 9.64 Å². The van der Waals surface area contributed by atoms with Gasteiger partial charge in [-0.1, -0.05) is 20.3 Å². The summed E-state index contributed by atoms with van der Waals surface area (Å²) < 4.78 is 7.02. The van der Waals surface area contributed by atoms with Crippen molar-refractivity contribution in [3.05, 3.63) is 11.9 Å². The zero-order valence-corrected chi connectivity index (χ0v) is 12.6. The Labute approximate surface area is 115 Å². The highest BCUT2D eigenvalue weighted by Crippen LogP contribution is 2.23. The number of likely N-dealkylation sites (N-methyl/N-ethyl adjacent to an activating group) is 1. The number of methoxy groups -OCH3 is 1. The fourth-order valence-electron chi connectivity index (χ4n) is 2.03. The van der Waals surface area contributed by atoms with Crippen molar-refractivity contribution in [2.24, 2.45) is 5.92 Å². The van der Waals surface area contributed by atoms with Gasteiger partial charge in [-0.05, 0) is 20.5 Å². The summed E-state index contributed by atoms with van der Waals surface area (Å²) in [6.07, 6.45) is 3.52. The van der Waals surface area contributed by atoms with Crippen LogP contribution in [0, 0.1) is 5.92 Å². The number of carbonyl (C=O) groups excluding carboxylic acids is 1. The van der Waals surface area contributed by atoms with Gasteiger partial charge in [0, 0.05) is 12.5 Å². The predicted octanol–water partition coefficient (Wildman–Crippen LogP) is 2.07. The van der Waals surface area contributed by atoms with E-state index in [0.717, 1.165) is 19.4 Å². The molecule has 0 fully saturated rings. The molecular weight excluding hydrogens is 242 g/mol. The number of hydrogen-bond acceptors (Lipinski definition) is 4. The van der Waals surface area contributed by atoms with Gasteiger partial charge in [0.15, 0.2) is 11.5 Å². The summed E-state index contributed by atoms with van der Waals surface area (Å²) in [5.74, 6) is 0.704. The van der Waals surface area contributed by atoms with E-state index < -0.39 is 0 Å². The van der Waals surface area contributed by atoms with Crippen LogP contribution in [0.4, 0.5) is 0 Å². The number of hydrogen-bond donors (Lipinski definition) is 0. The van der Waals surface area contributed by atoms with Crippen LogP contribution in [0.15, 0.2) is 6.20 Å². The number of aromatic nitrogens is 2. The van der Waals surface area contributed by atoms with Gasteiger partial charge in [-0.15, -0.1) is 0 Å². The number of ketones is 1. The maximum Gasteiger partial charge on any atom is 0.187 e. The van der Waals surface area contributed by atoms with Crippen molar-refractivity contribution in [2.75, 3.05) is 27.7 Å². The molecule has 0 N–H and O–H groups in total. The monoisotopic (exact) mass is 267 g/mol. The van der Waals surface area contributed by atoms with Crippen LogP contribution in [0.25, 0.3) is 0 Å². The maximum absolute atomic E-state index is 12.5. The molecule has 1 unspecified atom stereocenters. The highest BCUT2D eigenvalue weighted by molar-refractivity contribution is 5.98. The van der Waals surface area contributed by atoms with Crippen molar-refractivity contribution in [3.8, 4) is 5.75 Å². The molecule has 0 spiro atoms. The van der Waals surface area contributed by atoms with Gasteiger partial charge in [0.2, 0.25) is 0 Å². The summed E-state index contributed by atoms with van der Waals surface area (Å²) in [6.45, 7) is 5.59. The summed E-state index contributed by atoms with van der Waals surface area (Å²) in [5.41, 5.74) is 0.602. The van der Waals surface area contributed by atoms with Gasteiger partial charge in [-0.25, -0.2) is 0 Å². The molecule has 0 aromatic carbocycles. The summed E-state index contributed by atoms with van der Waals surface area (Å²) in [6, 6.07) is 0. The summed E-state index contributed by atoms with van der Waals surface area (Å²) in [4.78, 5) is 14.6. The lowest BCUT2D eigenvalue weighted by molar-refractivity contribution is 0.0908. The minimum absolute atomic E-state index is 0.00806. The van der Waals surface area contributed by atoms with Crippen LogP contribution in [-0.2, 0) is 6.54 Å². The Balaban J connectivity index is 2.95. The number of rotatable bonds is 8. The molecule has 19 heavy (non-hydrogen) atoms. The third-order valence-corrected chi connectivity index (χ3v) is 3.19. The van der Waals surface area contributed by atoms with Crippen molar-refractivity contribution in [3.63, 3.8) is 0 Å². The van der Waals surface area contributed by atoms with Gasteiger partial charge >= 0.3 is 0 Å². The van der Waals surface area contributed by atoms with E-state index in [1.807, 2.05) is 21.0 Å². The van der Waals surface area contributed by atoms with E-state index in [4.69, 9.17) is 4.74 Å². The Morgan fingerprint density at radius 3 is 2.74 bits per heavy atom. The first-order valence-electron chi connectivity index (χ1n) is 6.80. The quantitative estimate of drug-likeness (QED) is 0.677. The lowest BCUT2D eigenvalue weighted by atomic mass is 9.98. The number of nitrogens with zero attached hydrogens (tertiary/aromatic N) is 3. The van der Waals surface area contributed by atoms with Gasteiger partial charge in [-0.2, -0.15) is 5.10 Å². The molecule has 1 atom stereocenters. The molecule has 0 aliphatic carbocycles. The normalized spacial score (nSPS) is 12.7. The van der Waals surface area contributed by atoms with E-state index in [2.05, 4.69) is 16.9 Å². The van der Waals surface area contributed by atoms with Crippen LogP contribution in [0.3, 0.4) is 0 Å². The van der Waals surface area contributed by atoms with Crippen LogP contribution in [0.5, 0.6) is 5.75 Å². The summed E-state index contributed by atoms with van der Waals surface area (Å²) in [5, 5.41) is 4.27. The Morgan fingerprint density at radius 1 is 1.53 bits per heavy atom. The second-order valence-corrected chi connectivity index (χ2v) is 5.14. The smallest absolute Gasteiger partial charge is 0.187 e. The van der Waals surface area contributed by atoms with Crippen molar-refractivity contribution in [2.45, 2.75) is 33.2 Å². The third-order valence-electron chi connectivity index (χ3n) is 3.19. The number of carbonyl (C=O) groups is 1. The molecule has 0 saturated heterocycles. The van der Waals surface area contributed by atoms with Crippen molar-refractivity contribution >= 4 is 5.78 Å². The first kappa shape index (κ1) is 15.7. The molecule has 0 aliphatic heterocycles. The molecule has 0 bridgehead atoms. The predicted molar refractivity (Wildman–Crippen MR) is 75.7 cm³/mol. The van der Waals surface area contributed by atoms with Crippen molar-refractivity contribution in [1.29, 1.82) is 0 Å². The standard InChI is InChI=1S/C14H25N3O2/c1-6-7-11(2)14(18)13-12(19-5)10-15-17(13)9-8-16(3)4/h10-11H,6-9H2,1-5H3. The molecule has 0 amide bonds. The average Bonchev–Trinajstić information content (AvgIpc) is 2.78. The van der Waals surface area contributed by atoms with Gasteiger partial charge in [-0.3, -0.25) is 9.48 Å². The highest BCUT2D eigenvalue weighted by Gasteiger charge is 2.23. The zero-order valence-electron chi connectivity index (χ0n) is 12.6. The zero-order chi connectivity index (χ0) is 14.4. The molecule has 1 heterocycles. The molecule has 108 valence electrons. The molecule has 0 saturated carbocycles. The lowest BCUT2D eigenvalue weighted by Crippen LogP contribution is -2.23. The maximum atomic E-state index is 12.5. The minimum Gasteiger partial charge on any atom is -0.493 e. The average molecular weight is 267 g/mol. The van der Waals surface area contributed by atoms with Gasteiger partial charge in [0.05, 0.1) is 19.9 Å². The highest BCUT2D eigenvalue weighted by atomic mass is 16.5. The third kappa shape index (κ3) is 4.06. The molecule has 5 heteroatoms. The SMILES string of the molecule is CCCC(C)C(=O)c1c(OC)cnn1CCN(C)C. The lowest BCUT2D eigenvalue weighted by Gasteiger charge is -2.14.